The largest absolute Gasteiger partial charge is 0.382 e. The van der Waals surface area contributed by atoms with Crippen LogP contribution in [-0.2, 0) is 19.6 Å². The van der Waals surface area contributed by atoms with E-state index >= 15 is 0 Å². The Bertz CT molecular complexity index is 1200. The number of carbonyl (C=O) groups is 2. The predicted molar refractivity (Wildman–Crippen MR) is 143 cm³/mol. The summed E-state index contributed by atoms with van der Waals surface area (Å²) in [5, 5.41) is 6.07. The van der Waals surface area contributed by atoms with E-state index in [4.69, 9.17) is 17.3 Å². The van der Waals surface area contributed by atoms with Gasteiger partial charge in [0.1, 0.15) is 11.7 Å². The Hall–Kier alpha value is -2.95. The number of nitrogens with one attached hydrogen (secondary N) is 2. The van der Waals surface area contributed by atoms with Crippen LogP contribution in [0.25, 0.3) is 11.0 Å². The van der Waals surface area contributed by atoms with Crippen molar-refractivity contribution >= 4 is 51.9 Å². The molecule has 3 rings (SSSR count). The third-order valence-corrected chi connectivity index (χ3v) is 5.90. The molecule has 0 aliphatic heterocycles. The zero-order valence-electron chi connectivity index (χ0n) is 21.4. The van der Waals surface area contributed by atoms with E-state index in [-0.39, 0.29) is 29.1 Å². The van der Waals surface area contributed by atoms with Gasteiger partial charge in [0.2, 0.25) is 0 Å². The van der Waals surface area contributed by atoms with Gasteiger partial charge in [-0.25, -0.2) is 19.1 Å². The highest BCUT2D eigenvalue weighted by Crippen LogP contribution is 2.19. The van der Waals surface area contributed by atoms with Gasteiger partial charge in [-0.3, -0.25) is 9.59 Å². The van der Waals surface area contributed by atoms with Crippen LogP contribution in [0.2, 0.25) is 5.15 Å². The first-order valence-electron chi connectivity index (χ1n) is 11.7. The number of hydrogen-bond donors (Lipinski definition) is 3. The molecule has 0 spiro atoms. The minimum atomic E-state index is -0.456. The quantitative estimate of drug-likeness (QED) is 0.207. The molecule has 0 saturated carbocycles. The number of nitrogens with zero attached hydrogens (tertiary/aromatic N) is 5. The maximum atomic E-state index is 13.0. The van der Waals surface area contributed by atoms with Gasteiger partial charge in [0, 0.05) is 31.6 Å². The van der Waals surface area contributed by atoms with Gasteiger partial charge >= 0.3 is 0 Å². The normalized spacial score (nSPS) is 10.6. The summed E-state index contributed by atoms with van der Waals surface area (Å²) >= 11 is 10.5. The summed E-state index contributed by atoms with van der Waals surface area (Å²) in [4.78, 5) is 35.3. The van der Waals surface area contributed by atoms with Gasteiger partial charge in [-0.1, -0.05) is 11.6 Å². The Labute approximate surface area is 221 Å². The fourth-order valence-electron chi connectivity index (χ4n) is 4.02. The highest BCUT2D eigenvalue weighted by molar-refractivity contribution is 6.29. The smallest absolute Gasteiger partial charge is 0.277 e. The summed E-state index contributed by atoms with van der Waals surface area (Å²) in [6.45, 7) is 7.22. The first kappa shape index (κ1) is 29.3. The maximum Gasteiger partial charge on any atom is 0.277 e. The minimum Gasteiger partial charge on any atom is -0.382 e. The van der Waals surface area contributed by atoms with Gasteiger partial charge in [0.15, 0.2) is 22.5 Å². The molecule has 2 heterocycles. The first-order chi connectivity index (χ1) is 17.3. The summed E-state index contributed by atoms with van der Waals surface area (Å²) in [5.74, 6) is 0.439. The summed E-state index contributed by atoms with van der Waals surface area (Å²) < 4.78 is 4.22. The molecule has 3 aromatic rings. The van der Waals surface area contributed by atoms with E-state index in [1.807, 2.05) is 46.1 Å². The van der Waals surface area contributed by atoms with Crippen molar-refractivity contribution in [2.24, 2.45) is 0 Å². The summed E-state index contributed by atoms with van der Waals surface area (Å²) in [6.07, 6.45) is 3.65. The fourth-order valence-corrected chi connectivity index (χ4v) is 4.16. The third-order valence-electron chi connectivity index (χ3n) is 5.72. The highest BCUT2D eigenvalue weighted by Gasteiger charge is 2.26. The molecule has 36 heavy (non-hydrogen) atoms. The Balaban J connectivity index is 0.00000222. The standard InChI is InChI=1S/C23H31ClN8O2.CH3Cl/c1-5-31-16-9-8-15(23(34)30(4)11-7-10-26-3)12-17(16)32(6-2)19(31)14-28-22(33)20-21(25)27-13-18(24)29-20;1-2/h8-9,12-13,26H,5-7,10-11,14H2,1-4H3,(H2-,25,27,28,33);1H3/p+1. The van der Waals surface area contributed by atoms with Crippen LogP contribution in [0.5, 0.6) is 0 Å². The molecule has 0 atom stereocenters. The number of benzene rings is 1. The molecule has 1 aromatic carbocycles. The number of fused-ring (bicyclic) bond motifs is 1. The van der Waals surface area contributed by atoms with Gasteiger partial charge < -0.3 is 21.3 Å². The molecule has 0 saturated heterocycles. The van der Waals surface area contributed by atoms with E-state index in [0.29, 0.717) is 25.2 Å². The lowest BCUT2D eigenvalue weighted by molar-refractivity contribution is -0.676. The molecular weight excluding hydrogens is 503 g/mol. The molecule has 4 N–H and O–H groups in total. The van der Waals surface area contributed by atoms with E-state index in [9.17, 15) is 9.59 Å². The lowest BCUT2D eigenvalue weighted by Gasteiger charge is -2.16. The Kier molecular flexibility index (Phi) is 11.4. The van der Waals surface area contributed by atoms with Gasteiger partial charge in [0.25, 0.3) is 17.6 Å². The second kappa shape index (κ2) is 14.0. The highest BCUT2D eigenvalue weighted by atomic mass is 35.5. The average molecular weight is 539 g/mol. The third kappa shape index (κ3) is 6.63. The lowest BCUT2D eigenvalue weighted by Crippen LogP contribution is -2.40. The number of carbonyl (C=O) groups excluding carboxylic acids is 2. The number of alkyl halides is 1. The molecule has 2 amide bonds. The van der Waals surface area contributed by atoms with Crippen LogP contribution >= 0.6 is 23.2 Å². The van der Waals surface area contributed by atoms with E-state index in [1.54, 1.807) is 4.90 Å². The van der Waals surface area contributed by atoms with Crippen molar-refractivity contribution in [3.63, 3.8) is 0 Å². The van der Waals surface area contributed by atoms with Crippen molar-refractivity contribution in [1.29, 1.82) is 0 Å². The number of amides is 2. The van der Waals surface area contributed by atoms with Crippen molar-refractivity contribution in [3.05, 3.63) is 46.6 Å². The molecule has 12 heteroatoms. The number of aromatic nitrogens is 4. The summed E-state index contributed by atoms with van der Waals surface area (Å²) in [7, 11) is 3.72. The number of aryl methyl sites for hydroxylation is 2. The molecule has 0 radical (unpaired) electrons. The number of halogens is 2. The number of imidazole rings is 1. The average Bonchev–Trinajstić information content (AvgIpc) is 3.20. The number of hydrogen-bond acceptors (Lipinski definition) is 6. The SMILES string of the molecule is CCl.CCn1c(CNC(=O)c2nc(Cl)cnc2N)[n+](CC)c2ccc(C(=O)N(C)CCCNC)cc21. The molecule has 10 nitrogen and oxygen atoms in total. The molecule has 0 aliphatic rings. The van der Waals surface area contributed by atoms with Crippen LogP contribution in [0.1, 0.15) is 46.9 Å². The number of nitrogen functional groups attached to an aromatic ring is 1. The number of nitrogens with two attached hydrogens (primary N) is 1. The molecule has 2 aromatic heterocycles. The second-order valence-corrected chi connectivity index (χ2v) is 8.29. The van der Waals surface area contributed by atoms with E-state index in [1.165, 1.54) is 12.6 Å². The van der Waals surface area contributed by atoms with E-state index in [2.05, 4.69) is 41.3 Å². The zero-order valence-corrected chi connectivity index (χ0v) is 22.9. The molecule has 0 aliphatic carbocycles. The van der Waals surface area contributed by atoms with Crippen LogP contribution in [-0.4, -0.2) is 64.8 Å². The van der Waals surface area contributed by atoms with Crippen LogP contribution in [0, 0.1) is 0 Å². The van der Waals surface area contributed by atoms with Crippen molar-refractivity contribution < 1.29 is 14.2 Å². The summed E-state index contributed by atoms with van der Waals surface area (Å²) in [5.41, 5.74) is 8.35. The van der Waals surface area contributed by atoms with Gasteiger partial charge in [-0.2, -0.15) is 0 Å². The molecule has 0 bridgehead atoms. The van der Waals surface area contributed by atoms with Crippen LogP contribution in [0.3, 0.4) is 0 Å². The van der Waals surface area contributed by atoms with Crippen molar-refractivity contribution in [1.82, 2.24) is 30.1 Å². The zero-order chi connectivity index (χ0) is 26.8. The van der Waals surface area contributed by atoms with Gasteiger partial charge in [-0.05, 0) is 46.0 Å². The Morgan fingerprint density at radius 3 is 2.61 bits per heavy atom. The van der Waals surface area contributed by atoms with Crippen LogP contribution < -0.4 is 20.9 Å². The lowest BCUT2D eigenvalue weighted by atomic mass is 10.1. The van der Waals surface area contributed by atoms with Crippen molar-refractivity contribution in [3.8, 4) is 0 Å². The van der Waals surface area contributed by atoms with Crippen LogP contribution in [0.4, 0.5) is 5.82 Å². The Morgan fingerprint density at radius 1 is 1.25 bits per heavy atom. The van der Waals surface area contributed by atoms with Crippen molar-refractivity contribution in [2.75, 3.05) is 39.3 Å². The fraction of sp³-hybridized carbons (Fsp3) is 0.458. The van der Waals surface area contributed by atoms with Crippen LogP contribution in [0.15, 0.2) is 24.4 Å². The minimum absolute atomic E-state index is 0.0103. The molecule has 196 valence electrons. The van der Waals surface area contributed by atoms with E-state index < -0.39 is 5.91 Å². The molecular formula is C24H35Cl2N8O2+. The number of anilines is 1. The van der Waals surface area contributed by atoms with E-state index in [0.717, 1.165) is 29.8 Å². The molecule has 0 unspecified atom stereocenters. The second-order valence-electron chi connectivity index (χ2n) is 7.90. The first-order valence-corrected chi connectivity index (χ1v) is 12.8. The van der Waals surface area contributed by atoms with Crippen molar-refractivity contribution in [2.45, 2.75) is 39.9 Å². The molecule has 0 fully saturated rings. The summed E-state index contributed by atoms with van der Waals surface area (Å²) in [6, 6.07) is 5.75. The number of rotatable bonds is 10. The monoisotopic (exact) mass is 537 g/mol. The van der Waals surface area contributed by atoms with Gasteiger partial charge in [-0.15, -0.1) is 11.6 Å². The maximum absolute atomic E-state index is 13.0. The topological polar surface area (TPSA) is 122 Å². The predicted octanol–water partition coefficient (Wildman–Crippen LogP) is 2.46. The Morgan fingerprint density at radius 2 is 1.97 bits per heavy atom. The van der Waals surface area contributed by atoms with Gasteiger partial charge in [0.05, 0.1) is 19.3 Å².